The van der Waals surface area contributed by atoms with Gasteiger partial charge in [-0.15, -0.1) is 0 Å². The van der Waals surface area contributed by atoms with Gasteiger partial charge in [-0.1, -0.05) is 55.5 Å². The van der Waals surface area contributed by atoms with E-state index in [1.165, 1.54) is 5.56 Å². The molecule has 0 aliphatic carbocycles. The number of hydrogen-bond donors (Lipinski definition) is 0. The van der Waals surface area contributed by atoms with Crippen LogP contribution in [0.1, 0.15) is 18.3 Å². The molecule has 2 aromatic carbocycles. The molecule has 0 saturated heterocycles. The first-order chi connectivity index (χ1) is 11.7. The van der Waals surface area contributed by atoms with E-state index in [1.54, 1.807) is 0 Å². The average Bonchev–Trinajstić information content (AvgIpc) is 2.89. The maximum atomic E-state index is 5.66. The fraction of sp³-hybridized carbons (Fsp3) is 0.263. The predicted molar refractivity (Wildman–Crippen MR) is 99.7 cm³/mol. The Kier molecular flexibility index (Phi) is 5.23. The SMILES string of the molecule is CCN(Cc1ccccc1)Cn1nc(C)n(-c2ccccc2)c1=S. The summed E-state index contributed by atoms with van der Waals surface area (Å²) in [6.45, 7) is 6.66. The Labute approximate surface area is 148 Å². The van der Waals surface area contributed by atoms with Crippen molar-refractivity contribution >= 4 is 12.2 Å². The van der Waals surface area contributed by atoms with Crippen molar-refractivity contribution in [2.75, 3.05) is 6.54 Å². The average molecular weight is 338 g/mol. The van der Waals surface area contributed by atoms with Crippen LogP contribution in [-0.2, 0) is 13.2 Å². The third kappa shape index (κ3) is 3.63. The molecule has 0 saturated carbocycles. The van der Waals surface area contributed by atoms with E-state index in [2.05, 4.69) is 53.3 Å². The van der Waals surface area contributed by atoms with E-state index in [0.29, 0.717) is 6.67 Å². The second-order valence-electron chi connectivity index (χ2n) is 5.77. The number of rotatable bonds is 6. The van der Waals surface area contributed by atoms with Gasteiger partial charge in [0.1, 0.15) is 5.82 Å². The van der Waals surface area contributed by atoms with E-state index in [0.717, 1.165) is 29.4 Å². The van der Waals surface area contributed by atoms with Crippen LogP contribution in [0.15, 0.2) is 60.7 Å². The van der Waals surface area contributed by atoms with E-state index in [-0.39, 0.29) is 0 Å². The summed E-state index contributed by atoms with van der Waals surface area (Å²) in [4.78, 5) is 2.33. The highest BCUT2D eigenvalue weighted by molar-refractivity contribution is 7.71. The molecule has 0 N–H and O–H groups in total. The standard InChI is InChI=1S/C19H22N4S/c1-3-21(14-17-10-6-4-7-11-17)15-22-19(24)23(16(2)20-22)18-12-8-5-9-13-18/h4-13H,3,14-15H2,1-2H3. The second kappa shape index (κ2) is 7.55. The van der Waals surface area contributed by atoms with Gasteiger partial charge in [0.05, 0.1) is 6.67 Å². The monoisotopic (exact) mass is 338 g/mol. The smallest absolute Gasteiger partial charge is 0.203 e. The molecule has 4 nitrogen and oxygen atoms in total. The normalized spacial score (nSPS) is 11.1. The Morgan fingerprint density at radius 3 is 2.25 bits per heavy atom. The zero-order valence-corrected chi connectivity index (χ0v) is 14.9. The molecule has 3 aromatic rings. The fourth-order valence-electron chi connectivity index (χ4n) is 2.78. The van der Waals surface area contributed by atoms with Crippen LogP contribution in [0, 0.1) is 11.7 Å². The minimum atomic E-state index is 0.685. The minimum absolute atomic E-state index is 0.685. The molecule has 0 aliphatic rings. The first-order valence-corrected chi connectivity index (χ1v) is 8.58. The van der Waals surface area contributed by atoms with Crippen LogP contribution in [0.2, 0.25) is 0 Å². The fourth-order valence-corrected chi connectivity index (χ4v) is 3.11. The van der Waals surface area contributed by atoms with Crippen molar-refractivity contribution in [3.05, 3.63) is 76.8 Å². The largest absolute Gasteiger partial charge is 0.280 e. The predicted octanol–water partition coefficient (Wildman–Crippen LogP) is 4.19. The molecule has 1 heterocycles. The van der Waals surface area contributed by atoms with Crippen molar-refractivity contribution in [2.24, 2.45) is 0 Å². The van der Waals surface area contributed by atoms with Crippen molar-refractivity contribution < 1.29 is 0 Å². The molecule has 0 amide bonds. The second-order valence-corrected chi connectivity index (χ2v) is 6.14. The lowest BCUT2D eigenvalue weighted by atomic mass is 10.2. The zero-order valence-electron chi connectivity index (χ0n) is 14.1. The molecule has 3 rings (SSSR count). The highest BCUT2D eigenvalue weighted by Crippen LogP contribution is 2.13. The molecule has 0 atom stereocenters. The lowest BCUT2D eigenvalue weighted by molar-refractivity contribution is 0.207. The highest BCUT2D eigenvalue weighted by Gasteiger charge is 2.11. The van der Waals surface area contributed by atoms with Crippen LogP contribution in [0.5, 0.6) is 0 Å². The van der Waals surface area contributed by atoms with E-state index in [1.807, 2.05) is 40.4 Å². The lowest BCUT2D eigenvalue weighted by Gasteiger charge is -2.20. The molecule has 5 heteroatoms. The maximum Gasteiger partial charge on any atom is 0.203 e. The first kappa shape index (κ1) is 16.6. The van der Waals surface area contributed by atoms with Crippen molar-refractivity contribution in [3.63, 3.8) is 0 Å². The maximum absolute atomic E-state index is 5.66. The summed E-state index contributed by atoms with van der Waals surface area (Å²) >= 11 is 5.66. The molecule has 24 heavy (non-hydrogen) atoms. The zero-order chi connectivity index (χ0) is 16.9. The summed E-state index contributed by atoms with van der Waals surface area (Å²) in [6, 6.07) is 20.6. The van der Waals surface area contributed by atoms with E-state index < -0.39 is 0 Å². The van der Waals surface area contributed by atoms with Gasteiger partial charge in [-0.3, -0.25) is 9.47 Å². The summed E-state index contributed by atoms with van der Waals surface area (Å²) < 4.78 is 4.65. The third-order valence-corrected chi connectivity index (χ3v) is 4.44. The Hall–Kier alpha value is -2.24. The Morgan fingerprint density at radius 1 is 1.00 bits per heavy atom. The van der Waals surface area contributed by atoms with Crippen LogP contribution < -0.4 is 0 Å². The number of aryl methyl sites for hydroxylation is 1. The molecule has 0 radical (unpaired) electrons. The van der Waals surface area contributed by atoms with E-state index >= 15 is 0 Å². The Bertz CT molecular complexity index is 837. The molecule has 0 aliphatic heterocycles. The Balaban J connectivity index is 1.84. The summed E-state index contributed by atoms with van der Waals surface area (Å²) in [5.74, 6) is 0.905. The van der Waals surface area contributed by atoms with Crippen molar-refractivity contribution in [3.8, 4) is 5.69 Å². The van der Waals surface area contributed by atoms with Crippen LogP contribution in [0.4, 0.5) is 0 Å². The van der Waals surface area contributed by atoms with Gasteiger partial charge in [0, 0.05) is 12.2 Å². The molecule has 0 unspecified atom stereocenters. The number of hydrogen-bond acceptors (Lipinski definition) is 3. The minimum Gasteiger partial charge on any atom is -0.280 e. The number of nitrogens with zero attached hydrogens (tertiary/aromatic N) is 4. The van der Waals surface area contributed by atoms with E-state index in [9.17, 15) is 0 Å². The molecule has 0 spiro atoms. The highest BCUT2D eigenvalue weighted by atomic mass is 32.1. The topological polar surface area (TPSA) is 26.0 Å². The van der Waals surface area contributed by atoms with E-state index in [4.69, 9.17) is 12.2 Å². The number of benzene rings is 2. The summed E-state index contributed by atoms with van der Waals surface area (Å²) in [6.07, 6.45) is 0. The van der Waals surface area contributed by atoms with Gasteiger partial charge in [0.15, 0.2) is 0 Å². The quantitative estimate of drug-likeness (QED) is 0.630. The summed E-state index contributed by atoms with van der Waals surface area (Å²) in [5, 5.41) is 4.65. The van der Waals surface area contributed by atoms with Crippen LogP contribution in [0.3, 0.4) is 0 Å². The molecular weight excluding hydrogens is 316 g/mol. The van der Waals surface area contributed by atoms with Crippen LogP contribution in [0.25, 0.3) is 5.69 Å². The van der Waals surface area contributed by atoms with Crippen LogP contribution in [-0.4, -0.2) is 25.8 Å². The molecule has 0 bridgehead atoms. The number of aromatic nitrogens is 3. The van der Waals surface area contributed by atoms with Gasteiger partial charge in [-0.05, 0) is 43.4 Å². The molecule has 0 fully saturated rings. The van der Waals surface area contributed by atoms with Gasteiger partial charge in [-0.2, -0.15) is 5.10 Å². The van der Waals surface area contributed by atoms with Gasteiger partial charge in [0.25, 0.3) is 0 Å². The summed E-state index contributed by atoms with van der Waals surface area (Å²) in [7, 11) is 0. The van der Waals surface area contributed by atoms with Crippen molar-refractivity contribution in [2.45, 2.75) is 27.1 Å². The Morgan fingerprint density at radius 2 is 1.62 bits per heavy atom. The first-order valence-electron chi connectivity index (χ1n) is 8.17. The lowest BCUT2D eigenvalue weighted by Crippen LogP contribution is -2.26. The molecule has 1 aromatic heterocycles. The third-order valence-electron chi connectivity index (χ3n) is 4.05. The van der Waals surface area contributed by atoms with Gasteiger partial charge >= 0.3 is 0 Å². The summed E-state index contributed by atoms with van der Waals surface area (Å²) in [5.41, 5.74) is 2.35. The van der Waals surface area contributed by atoms with Crippen molar-refractivity contribution in [1.29, 1.82) is 0 Å². The van der Waals surface area contributed by atoms with Crippen molar-refractivity contribution in [1.82, 2.24) is 19.2 Å². The molecule has 124 valence electrons. The van der Waals surface area contributed by atoms with Crippen LogP contribution >= 0.6 is 12.2 Å². The van der Waals surface area contributed by atoms with Gasteiger partial charge < -0.3 is 0 Å². The van der Waals surface area contributed by atoms with Gasteiger partial charge in [0.2, 0.25) is 4.77 Å². The van der Waals surface area contributed by atoms with Gasteiger partial charge in [-0.25, -0.2) is 4.68 Å². The number of para-hydroxylation sites is 1. The molecular formula is C19H22N4S.